The lowest BCUT2D eigenvalue weighted by molar-refractivity contribution is -0.147. The minimum Gasteiger partial charge on any atom is -0.345 e. The van der Waals surface area contributed by atoms with Crippen molar-refractivity contribution in [2.24, 2.45) is 0 Å². The lowest BCUT2D eigenvalue weighted by atomic mass is 10.0. The molecule has 1 fully saturated rings. The zero-order chi connectivity index (χ0) is 19.9. The fraction of sp³-hybridized carbons (Fsp3) is 0.545. The van der Waals surface area contributed by atoms with Gasteiger partial charge in [0.25, 0.3) is 0 Å². The van der Waals surface area contributed by atoms with Gasteiger partial charge in [0, 0.05) is 18.8 Å². The van der Waals surface area contributed by atoms with Crippen molar-refractivity contribution in [1.82, 2.24) is 9.55 Å². The van der Waals surface area contributed by atoms with Crippen molar-refractivity contribution >= 4 is 5.91 Å². The minimum absolute atomic E-state index is 0.000176. The van der Waals surface area contributed by atoms with E-state index < -0.39 is 5.79 Å². The van der Waals surface area contributed by atoms with Crippen molar-refractivity contribution in [3.8, 4) is 0 Å². The number of aromatic nitrogens is 2. The van der Waals surface area contributed by atoms with E-state index >= 15 is 0 Å². The number of rotatable bonds is 8. The fourth-order valence-corrected chi connectivity index (χ4v) is 3.11. The zero-order valence-electron chi connectivity index (χ0n) is 17.1. The van der Waals surface area contributed by atoms with Crippen LogP contribution in [0.4, 0.5) is 0 Å². The third kappa shape index (κ3) is 6.92. The van der Waals surface area contributed by atoms with Gasteiger partial charge in [-0.15, -0.1) is 0 Å². The third-order valence-corrected chi connectivity index (χ3v) is 4.74. The largest absolute Gasteiger partial charge is 0.345 e. The van der Waals surface area contributed by atoms with Gasteiger partial charge in [-0.05, 0) is 53.9 Å². The summed E-state index contributed by atoms with van der Waals surface area (Å²) in [7, 11) is 0. The molecule has 1 aliphatic rings. The predicted molar refractivity (Wildman–Crippen MR) is 107 cm³/mol. The molecular formula is C22H32N2O3. The highest BCUT2D eigenvalue weighted by Crippen LogP contribution is 2.33. The van der Waals surface area contributed by atoms with Crippen LogP contribution in [0, 0.1) is 0 Å². The Labute approximate surface area is 162 Å². The first-order valence-corrected chi connectivity index (χ1v) is 9.64. The Balaban J connectivity index is 1.88. The number of hydrogen-bond acceptors (Lipinski definition) is 4. The molecule has 1 aliphatic heterocycles. The Morgan fingerprint density at radius 1 is 1.19 bits per heavy atom. The minimum atomic E-state index is -0.603. The van der Waals surface area contributed by atoms with E-state index in [-0.39, 0.29) is 18.1 Å². The highest BCUT2D eigenvalue weighted by molar-refractivity contribution is 5.78. The van der Waals surface area contributed by atoms with E-state index in [4.69, 9.17) is 9.47 Å². The van der Waals surface area contributed by atoms with Crippen LogP contribution >= 0.6 is 0 Å². The molecule has 0 saturated carbocycles. The Morgan fingerprint density at radius 2 is 1.85 bits per heavy atom. The Bertz CT molecular complexity index is 699. The van der Waals surface area contributed by atoms with E-state index in [9.17, 15) is 4.79 Å². The second kappa shape index (κ2) is 9.81. The molecular weight excluding hydrogens is 340 g/mol. The van der Waals surface area contributed by atoms with Crippen LogP contribution in [0.25, 0.3) is 0 Å². The van der Waals surface area contributed by atoms with E-state index in [0.29, 0.717) is 12.8 Å². The Morgan fingerprint density at radius 3 is 2.44 bits per heavy atom. The maximum atomic E-state index is 12.2. The lowest BCUT2D eigenvalue weighted by Gasteiger charge is -2.16. The van der Waals surface area contributed by atoms with Crippen LogP contribution in [0.2, 0.25) is 0 Å². The predicted octanol–water partition coefficient (Wildman–Crippen LogP) is 5.07. The molecule has 0 aromatic carbocycles. The van der Waals surface area contributed by atoms with Crippen molar-refractivity contribution in [3.05, 3.63) is 54.2 Å². The first-order chi connectivity index (χ1) is 12.8. The van der Waals surface area contributed by atoms with Gasteiger partial charge >= 0.3 is 0 Å². The van der Waals surface area contributed by atoms with Gasteiger partial charge in [-0.1, -0.05) is 35.5 Å². The molecule has 1 aromatic heterocycles. The standard InChI is InChI=1S/C22H32N2O3/c1-6-17(2)8-7-9-18(3)10-11-19-20(27-22(4,5)26-19)12-13-21(25)24-15-14-23-16-24/h6-9,14-16,19-20H,10-13H2,1-5H3/b8-7+,17-6+,18-9-/t19-,20-/m0/s1. The summed E-state index contributed by atoms with van der Waals surface area (Å²) in [6, 6.07) is 0. The molecule has 0 N–H and O–H groups in total. The second-order valence-corrected chi connectivity index (χ2v) is 7.56. The topological polar surface area (TPSA) is 53.4 Å². The highest BCUT2D eigenvalue weighted by Gasteiger charge is 2.40. The molecule has 2 rings (SSSR count). The molecule has 0 spiro atoms. The number of carbonyl (C=O) groups excluding carboxylic acids is 1. The average Bonchev–Trinajstić information content (AvgIpc) is 3.25. The molecule has 1 aromatic rings. The van der Waals surface area contributed by atoms with Gasteiger partial charge in [-0.25, -0.2) is 4.98 Å². The molecule has 0 radical (unpaired) electrons. The van der Waals surface area contributed by atoms with Gasteiger partial charge < -0.3 is 9.47 Å². The average molecular weight is 373 g/mol. The summed E-state index contributed by atoms with van der Waals surface area (Å²) in [5.74, 6) is -0.575. The van der Waals surface area contributed by atoms with Crippen molar-refractivity contribution in [2.75, 3.05) is 0 Å². The van der Waals surface area contributed by atoms with Crippen LogP contribution in [-0.4, -0.2) is 33.5 Å². The van der Waals surface area contributed by atoms with Gasteiger partial charge in [0.15, 0.2) is 5.79 Å². The molecule has 0 amide bonds. The second-order valence-electron chi connectivity index (χ2n) is 7.56. The molecule has 0 bridgehead atoms. The number of hydrogen-bond donors (Lipinski definition) is 0. The number of nitrogens with zero attached hydrogens (tertiary/aromatic N) is 2. The molecule has 5 heteroatoms. The summed E-state index contributed by atoms with van der Waals surface area (Å²) >= 11 is 0. The lowest BCUT2D eigenvalue weighted by Crippen LogP contribution is -2.24. The Kier molecular flexibility index (Phi) is 7.75. The maximum absolute atomic E-state index is 12.2. The summed E-state index contributed by atoms with van der Waals surface area (Å²) in [4.78, 5) is 16.1. The van der Waals surface area contributed by atoms with Gasteiger partial charge in [-0.3, -0.25) is 9.36 Å². The quantitative estimate of drug-likeness (QED) is 0.598. The first-order valence-electron chi connectivity index (χ1n) is 9.64. The SMILES string of the molecule is C/C=C(C)/C=C/C=C(/C)CC[C@@H]1OC(C)(C)O[C@H]1CCC(=O)n1ccnc1. The van der Waals surface area contributed by atoms with E-state index in [0.717, 1.165) is 12.8 Å². The van der Waals surface area contributed by atoms with E-state index in [2.05, 4.69) is 43.1 Å². The first kappa shape index (κ1) is 21.3. The van der Waals surface area contributed by atoms with Crippen molar-refractivity contribution in [2.45, 2.75) is 78.3 Å². The van der Waals surface area contributed by atoms with Crippen LogP contribution < -0.4 is 0 Å². The van der Waals surface area contributed by atoms with Crippen LogP contribution in [0.1, 0.15) is 65.1 Å². The molecule has 27 heavy (non-hydrogen) atoms. The van der Waals surface area contributed by atoms with Gasteiger partial charge in [0.2, 0.25) is 5.91 Å². The number of carbonyl (C=O) groups is 1. The molecule has 0 aliphatic carbocycles. The molecule has 5 nitrogen and oxygen atoms in total. The third-order valence-electron chi connectivity index (χ3n) is 4.74. The van der Waals surface area contributed by atoms with E-state index in [1.165, 1.54) is 22.0 Å². The summed E-state index contributed by atoms with van der Waals surface area (Å²) < 4.78 is 13.7. The molecule has 148 valence electrons. The monoisotopic (exact) mass is 372 g/mol. The van der Waals surface area contributed by atoms with Gasteiger partial charge in [0.05, 0.1) is 12.2 Å². The number of imidazole rings is 1. The van der Waals surface area contributed by atoms with Gasteiger partial charge in [-0.2, -0.15) is 0 Å². The van der Waals surface area contributed by atoms with Crippen molar-refractivity contribution in [1.29, 1.82) is 0 Å². The summed E-state index contributed by atoms with van der Waals surface area (Å²) in [6.45, 7) is 10.1. The summed E-state index contributed by atoms with van der Waals surface area (Å²) in [5.41, 5.74) is 2.55. The van der Waals surface area contributed by atoms with Crippen LogP contribution in [0.15, 0.2) is 54.2 Å². The van der Waals surface area contributed by atoms with E-state index in [1.54, 1.807) is 12.4 Å². The van der Waals surface area contributed by atoms with E-state index in [1.807, 2.05) is 20.8 Å². The maximum Gasteiger partial charge on any atom is 0.231 e. The fourth-order valence-electron chi connectivity index (χ4n) is 3.11. The molecule has 0 unspecified atom stereocenters. The van der Waals surface area contributed by atoms with Crippen LogP contribution in [0.3, 0.4) is 0 Å². The number of ether oxygens (including phenoxy) is 2. The van der Waals surface area contributed by atoms with Crippen LogP contribution in [-0.2, 0) is 9.47 Å². The molecule has 2 heterocycles. The van der Waals surface area contributed by atoms with Gasteiger partial charge in [0.1, 0.15) is 6.33 Å². The summed E-state index contributed by atoms with van der Waals surface area (Å²) in [6.07, 6.45) is 16.1. The number of allylic oxidation sites excluding steroid dienone is 6. The molecule has 1 saturated heterocycles. The smallest absolute Gasteiger partial charge is 0.231 e. The van der Waals surface area contributed by atoms with Crippen LogP contribution in [0.5, 0.6) is 0 Å². The van der Waals surface area contributed by atoms with Crippen molar-refractivity contribution < 1.29 is 14.3 Å². The highest BCUT2D eigenvalue weighted by atomic mass is 16.7. The zero-order valence-corrected chi connectivity index (χ0v) is 17.1. The summed E-state index contributed by atoms with van der Waals surface area (Å²) in [5, 5.41) is 0. The normalized spacial score (nSPS) is 23.3. The van der Waals surface area contributed by atoms with Crippen molar-refractivity contribution in [3.63, 3.8) is 0 Å². The Hall–Kier alpha value is -1.98. The molecule has 2 atom stereocenters.